The summed E-state index contributed by atoms with van der Waals surface area (Å²) in [4.78, 5) is 24.7. The van der Waals surface area contributed by atoms with E-state index >= 15 is 0 Å². The van der Waals surface area contributed by atoms with E-state index < -0.39 is 17.8 Å². The van der Waals surface area contributed by atoms with E-state index in [1.807, 2.05) is 7.05 Å². The van der Waals surface area contributed by atoms with E-state index in [2.05, 4.69) is 15.5 Å². The van der Waals surface area contributed by atoms with Gasteiger partial charge in [-0.2, -0.15) is 0 Å². The van der Waals surface area contributed by atoms with Gasteiger partial charge in [-0.05, 0) is 51.2 Å². The van der Waals surface area contributed by atoms with Gasteiger partial charge in [0.1, 0.15) is 5.82 Å². The van der Waals surface area contributed by atoms with Crippen LogP contribution in [0.5, 0.6) is 0 Å². The average molecular weight is 295 g/mol. The number of amides is 2. The zero-order valence-electron chi connectivity index (χ0n) is 11.7. The Morgan fingerprint density at radius 3 is 2.57 bits per heavy atom. The standard InChI is InChI=1S/C14H18FN3O3/c1-18-6-4-10(5-7-18)16-14(21)17-12-3-2-9(13(19)20)8-11(12)15/h2-3,8,10H,4-7H2,1H3,(H,19,20)(H2,16,17,21). The van der Waals surface area contributed by atoms with Crippen LogP contribution in [0, 0.1) is 5.82 Å². The van der Waals surface area contributed by atoms with Crippen LogP contribution >= 0.6 is 0 Å². The topological polar surface area (TPSA) is 81.7 Å². The fourth-order valence-corrected chi connectivity index (χ4v) is 2.25. The molecule has 1 aromatic carbocycles. The number of nitrogens with zero attached hydrogens (tertiary/aromatic N) is 1. The molecular weight excluding hydrogens is 277 g/mol. The molecule has 1 fully saturated rings. The number of nitrogens with one attached hydrogen (secondary N) is 2. The van der Waals surface area contributed by atoms with E-state index in [1.165, 1.54) is 12.1 Å². The lowest BCUT2D eigenvalue weighted by molar-refractivity contribution is 0.0696. The Morgan fingerprint density at radius 2 is 2.00 bits per heavy atom. The fourth-order valence-electron chi connectivity index (χ4n) is 2.25. The summed E-state index contributed by atoms with van der Waals surface area (Å²) in [6.07, 6.45) is 1.70. The third-order valence-electron chi connectivity index (χ3n) is 3.52. The third kappa shape index (κ3) is 4.16. The molecule has 6 nitrogen and oxygen atoms in total. The summed E-state index contributed by atoms with van der Waals surface area (Å²) >= 11 is 0. The van der Waals surface area contributed by atoms with Crippen LogP contribution in [-0.4, -0.2) is 48.2 Å². The molecule has 21 heavy (non-hydrogen) atoms. The number of hydrogen-bond acceptors (Lipinski definition) is 3. The van der Waals surface area contributed by atoms with E-state index in [1.54, 1.807) is 0 Å². The molecule has 1 heterocycles. The number of anilines is 1. The average Bonchev–Trinajstić information content (AvgIpc) is 2.43. The summed E-state index contributed by atoms with van der Waals surface area (Å²) in [6.45, 7) is 1.82. The number of carbonyl (C=O) groups is 2. The van der Waals surface area contributed by atoms with Gasteiger partial charge in [-0.1, -0.05) is 0 Å². The summed E-state index contributed by atoms with van der Waals surface area (Å²) in [5.74, 6) is -1.98. The van der Waals surface area contributed by atoms with Gasteiger partial charge in [0.2, 0.25) is 0 Å². The summed E-state index contributed by atoms with van der Waals surface area (Å²) in [6, 6.07) is 2.96. The number of urea groups is 1. The normalized spacial score (nSPS) is 16.5. The Kier molecular flexibility index (Phi) is 4.74. The van der Waals surface area contributed by atoms with Gasteiger partial charge in [0.15, 0.2) is 0 Å². The number of halogens is 1. The molecule has 114 valence electrons. The van der Waals surface area contributed by atoms with Crippen LogP contribution in [0.4, 0.5) is 14.9 Å². The molecule has 3 N–H and O–H groups in total. The predicted octanol–water partition coefficient (Wildman–Crippen LogP) is 1.74. The summed E-state index contributed by atoms with van der Waals surface area (Å²) in [5.41, 5.74) is -0.195. The van der Waals surface area contributed by atoms with E-state index in [0.29, 0.717) is 0 Å². The molecule has 0 saturated carbocycles. The van der Waals surface area contributed by atoms with Crippen LogP contribution in [0.25, 0.3) is 0 Å². The monoisotopic (exact) mass is 295 g/mol. The van der Waals surface area contributed by atoms with Crippen molar-refractivity contribution in [1.82, 2.24) is 10.2 Å². The second kappa shape index (κ2) is 6.53. The minimum Gasteiger partial charge on any atom is -0.478 e. The number of carboxylic acids is 1. The first-order valence-electron chi connectivity index (χ1n) is 6.74. The maximum atomic E-state index is 13.7. The molecule has 0 aliphatic carbocycles. The lowest BCUT2D eigenvalue weighted by atomic mass is 10.1. The Balaban J connectivity index is 1.92. The molecule has 2 rings (SSSR count). The van der Waals surface area contributed by atoms with E-state index in [-0.39, 0.29) is 17.3 Å². The molecule has 0 unspecified atom stereocenters. The smallest absolute Gasteiger partial charge is 0.335 e. The molecule has 0 radical (unpaired) electrons. The van der Waals surface area contributed by atoms with Gasteiger partial charge in [-0.3, -0.25) is 0 Å². The molecule has 1 aromatic rings. The molecular formula is C14H18FN3O3. The predicted molar refractivity (Wildman–Crippen MR) is 76.0 cm³/mol. The van der Waals surface area contributed by atoms with Gasteiger partial charge in [0.05, 0.1) is 11.3 Å². The zero-order chi connectivity index (χ0) is 15.4. The number of hydrogen-bond donors (Lipinski definition) is 3. The van der Waals surface area contributed by atoms with Crippen LogP contribution in [0.15, 0.2) is 18.2 Å². The van der Waals surface area contributed by atoms with E-state index in [0.717, 1.165) is 32.0 Å². The lowest BCUT2D eigenvalue weighted by Crippen LogP contribution is -2.44. The van der Waals surface area contributed by atoms with E-state index in [4.69, 9.17) is 5.11 Å². The van der Waals surface area contributed by atoms with Crippen molar-refractivity contribution in [3.05, 3.63) is 29.6 Å². The van der Waals surface area contributed by atoms with Gasteiger partial charge in [0, 0.05) is 6.04 Å². The number of carbonyl (C=O) groups excluding carboxylic acids is 1. The molecule has 0 spiro atoms. The number of likely N-dealkylation sites (tertiary alicyclic amines) is 1. The van der Waals surface area contributed by atoms with Gasteiger partial charge in [-0.25, -0.2) is 14.0 Å². The molecule has 0 aromatic heterocycles. The first kappa shape index (κ1) is 15.2. The molecule has 0 bridgehead atoms. The van der Waals surface area contributed by atoms with Crippen molar-refractivity contribution >= 4 is 17.7 Å². The highest BCUT2D eigenvalue weighted by Crippen LogP contribution is 2.16. The quantitative estimate of drug-likeness (QED) is 0.793. The van der Waals surface area contributed by atoms with Crippen molar-refractivity contribution in [2.24, 2.45) is 0 Å². The second-order valence-corrected chi connectivity index (χ2v) is 5.18. The van der Waals surface area contributed by atoms with Crippen molar-refractivity contribution in [1.29, 1.82) is 0 Å². The lowest BCUT2D eigenvalue weighted by Gasteiger charge is -2.29. The number of benzene rings is 1. The highest BCUT2D eigenvalue weighted by molar-refractivity contribution is 5.91. The minimum absolute atomic E-state index is 0.0366. The van der Waals surface area contributed by atoms with Crippen molar-refractivity contribution in [3.63, 3.8) is 0 Å². The second-order valence-electron chi connectivity index (χ2n) is 5.18. The van der Waals surface area contributed by atoms with Crippen molar-refractivity contribution in [2.45, 2.75) is 18.9 Å². The maximum absolute atomic E-state index is 13.7. The Morgan fingerprint density at radius 1 is 1.33 bits per heavy atom. The number of rotatable bonds is 3. The van der Waals surface area contributed by atoms with Gasteiger partial charge in [0.25, 0.3) is 0 Å². The van der Waals surface area contributed by atoms with E-state index in [9.17, 15) is 14.0 Å². The molecule has 1 saturated heterocycles. The highest BCUT2D eigenvalue weighted by atomic mass is 19.1. The highest BCUT2D eigenvalue weighted by Gasteiger charge is 2.19. The Bertz CT molecular complexity index is 542. The van der Waals surface area contributed by atoms with Crippen LogP contribution in [0.1, 0.15) is 23.2 Å². The van der Waals surface area contributed by atoms with Crippen LogP contribution in [-0.2, 0) is 0 Å². The maximum Gasteiger partial charge on any atom is 0.335 e. The molecule has 1 aliphatic rings. The summed E-state index contributed by atoms with van der Waals surface area (Å²) in [7, 11) is 2.02. The third-order valence-corrected chi connectivity index (χ3v) is 3.52. The largest absolute Gasteiger partial charge is 0.478 e. The number of aromatic carboxylic acids is 1. The zero-order valence-corrected chi connectivity index (χ0v) is 11.7. The number of carboxylic acid groups (broad SMARTS) is 1. The molecule has 1 aliphatic heterocycles. The fraction of sp³-hybridized carbons (Fsp3) is 0.429. The minimum atomic E-state index is -1.21. The van der Waals surface area contributed by atoms with Crippen molar-refractivity contribution < 1.29 is 19.1 Å². The van der Waals surface area contributed by atoms with Gasteiger partial charge < -0.3 is 20.6 Å². The molecule has 2 amide bonds. The van der Waals surface area contributed by atoms with Gasteiger partial charge >= 0.3 is 12.0 Å². The van der Waals surface area contributed by atoms with Crippen molar-refractivity contribution in [2.75, 3.05) is 25.5 Å². The Labute approximate surface area is 121 Å². The summed E-state index contributed by atoms with van der Waals surface area (Å²) < 4.78 is 13.7. The number of piperidine rings is 1. The Hall–Kier alpha value is -2.15. The SMILES string of the molecule is CN1CCC(NC(=O)Nc2ccc(C(=O)O)cc2F)CC1. The summed E-state index contributed by atoms with van der Waals surface area (Å²) in [5, 5.41) is 13.9. The molecule has 0 atom stereocenters. The van der Waals surface area contributed by atoms with Crippen LogP contribution < -0.4 is 10.6 Å². The van der Waals surface area contributed by atoms with Crippen LogP contribution in [0.2, 0.25) is 0 Å². The van der Waals surface area contributed by atoms with Gasteiger partial charge in [-0.15, -0.1) is 0 Å². The van der Waals surface area contributed by atoms with Crippen molar-refractivity contribution in [3.8, 4) is 0 Å². The van der Waals surface area contributed by atoms with Crippen LogP contribution in [0.3, 0.4) is 0 Å². The first-order valence-corrected chi connectivity index (χ1v) is 6.74. The first-order chi connectivity index (χ1) is 9.95. The molecule has 7 heteroatoms.